The van der Waals surface area contributed by atoms with Crippen LogP contribution in [-0.2, 0) is 13.0 Å². The summed E-state index contributed by atoms with van der Waals surface area (Å²) < 4.78 is 0. The van der Waals surface area contributed by atoms with Crippen LogP contribution in [0.15, 0.2) is 48.8 Å². The van der Waals surface area contributed by atoms with Crippen molar-refractivity contribution in [1.82, 2.24) is 9.97 Å². The number of rotatable bonds is 3. The molecule has 0 atom stereocenters. The minimum Gasteiger partial charge on any atom is -0.393 e. The SMILES string of the molecule is Cc1cc(C)cc(Nc2ncnc(N3CCc4ccccc4C3)c2N)c1. The van der Waals surface area contributed by atoms with Gasteiger partial charge in [-0.1, -0.05) is 30.3 Å². The molecule has 0 aliphatic carbocycles. The number of nitrogens with two attached hydrogens (primary N) is 1. The van der Waals surface area contributed by atoms with Gasteiger partial charge >= 0.3 is 0 Å². The summed E-state index contributed by atoms with van der Waals surface area (Å²) in [6, 6.07) is 14.9. The molecule has 0 spiro atoms. The summed E-state index contributed by atoms with van der Waals surface area (Å²) >= 11 is 0. The Labute approximate surface area is 153 Å². The Morgan fingerprint density at radius 1 is 1.00 bits per heavy atom. The lowest BCUT2D eigenvalue weighted by Gasteiger charge is -2.30. The van der Waals surface area contributed by atoms with Crippen molar-refractivity contribution in [1.29, 1.82) is 0 Å². The van der Waals surface area contributed by atoms with Crippen LogP contribution in [0.25, 0.3) is 0 Å². The predicted molar refractivity (Wildman–Crippen MR) is 107 cm³/mol. The summed E-state index contributed by atoms with van der Waals surface area (Å²) in [6.45, 7) is 5.89. The van der Waals surface area contributed by atoms with Crippen LogP contribution in [0.2, 0.25) is 0 Å². The number of nitrogen functional groups attached to an aromatic ring is 1. The third-order valence-electron chi connectivity index (χ3n) is 4.78. The molecule has 26 heavy (non-hydrogen) atoms. The predicted octanol–water partition coefficient (Wildman–Crippen LogP) is 3.98. The molecular weight excluding hydrogens is 322 g/mol. The fourth-order valence-electron chi connectivity index (χ4n) is 3.60. The van der Waals surface area contributed by atoms with Gasteiger partial charge in [0.2, 0.25) is 0 Å². The third kappa shape index (κ3) is 3.20. The van der Waals surface area contributed by atoms with Gasteiger partial charge in [0, 0.05) is 18.8 Å². The normalized spacial score (nSPS) is 13.4. The van der Waals surface area contributed by atoms with E-state index < -0.39 is 0 Å². The van der Waals surface area contributed by atoms with Crippen LogP contribution in [0.5, 0.6) is 0 Å². The van der Waals surface area contributed by atoms with Gasteiger partial charge in [0.05, 0.1) is 0 Å². The van der Waals surface area contributed by atoms with Gasteiger partial charge in [-0.3, -0.25) is 0 Å². The highest BCUT2D eigenvalue weighted by Gasteiger charge is 2.20. The van der Waals surface area contributed by atoms with E-state index >= 15 is 0 Å². The Morgan fingerprint density at radius 2 is 1.73 bits per heavy atom. The van der Waals surface area contributed by atoms with Crippen LogP contribution < -0.4 is 16.0 Å². The highest BCUT2D eigenvalue weighted by atomic mass is 15.2. The van der Waals surface area contributed by atoms with E-state index in [-0.39, 0.29) is 0 Å². The first-order valence-electron chi connectivity index (χ1n) is 8.87. The van der Waals surface area contributed by atoms with Gasteiger partial charge in [0.15, 0.2) is 11.6 Å². The maximum atomic E-state index is 6.43. The first kappa shape index (κ1) is 16.4. The molecule has 0 saturated heterocycles. The first-order valence-corrected chi connectivity index (χ1v) is 8.87. The van der Waals surface area contributed by atoms with Crippen molar-refractivity contribution in [2.24, 2.45) is 0 Å². The van der Waals surface area contributed by atoms with Crippen LogP contribution in [0.3, 0.4) is 0 Å². The minimum atomic E-state index is 0.589. The zero-order valence-electron chi connectivity index (χ0n) is 15.2. The van der Waals surface area contributed by atoms with Crippen LogP contribution >= 0.6 is 0 Å². The van der Waals surface area contributed by atoms with E-state index in [9.17, 15) is 0 Å². The minimum absolute atomic E-state index is 0.589. The summed E-state index contributed by atoms with van der Waals surface area (Å²) in [5.41, 5.74) is 13.2. The molecule has 1 aliphatic rings. The molecule has 3 aromatic rings. The summed E-state index contributed by atoms with van der Waals surface area (Å²) in [6.07, 6.45) is 2.58. The Balaban J connectivity index is 1.62. The average Bonchev–Trinajstić information content (AvgIpc) is 2.62. The largest absolute Gasteiger partial charge is 0.393 e. The quantitative estimate of drug-likeness (QED) is 0.751. The van der Waals surface area contributed by atoms with E-state index in [2.05, 4.69) is 76.5 Å². The Morgan fingerprint density at radius 3 is 2.50 bits per heavy atom. The maximum absolute atomic E-state index is 6.43. The number of anilines is 4. The number of nitrogens with zero attached hydrogens (tertiary/aromatic N) is 3. The Hall–Kier alpha value is -3.08. The van der Waals surface area contributed by atoms with Crippen molar-refractivity contribution < 1.29 is 0 Å². The molecule has 4 rings (SSSR count). The van der Waals surface area contributed by atoms with E-state index in [1.165, 1.54) is 22.3 Å². The number of hydrogen-bond donors (Lipinski definition) is 2. The standard InChI is InChI=1S/C21H23N5/c1-14-9-15(2)11-18(10-14)25-20-19(22)21(24-13-23-20)26-8-7-16-5-3-4-6-17(16)12-26/h3-6,9-11,13H,7-8,12,22H2,1-2H3,(H,23,24,25). The molecule has 0 unspecified atom stereocenters. The van der Waals surface area contributed by atoms with Gasteiger partial charge in [-0.15, -0.1) is 0 Å². The number of hydrogen-bond acceptors (Lipinski definition) is 5. The highest BCUT2D eigenvalue weighted by Crippen LogP contribution is 2.32. The molecule has 5 nitrogen and oxygen atoms in total. The molecule has 5 heteroatoms. The fourth-order valence-corrected chi connectivity index (χ4v) is 3.60. The lowest BCUT2D eigenvalue weighted by Crippen LogP contribution is -2.31. The summed E-state index contributed by atoms with van der Waals surface area (Å²) in [5, 5.41) is 3.35. The molecular formula is C21H23N5. The van der Waals surface area contributed by atoms with E-state index in [4.69, 9.17) is 5.73 Å². The zero-order valence-corrected chi connectivity index (χ0v) is 15.2. The molecule has 132 valence electrons. The second-order valence-electron chi connectivity index (χ2n) is 6.90. The van der Waals surface area contributed by atoms with Gasteiger partial charge in [0.25, 0.3) is 0 Å². The van der Waals surface area contributed by atoms with E-state index in [0.29, 0.717) is 11.5 Å². The topological polar surface area (TPSA) is 67.1 Å². The van der Waals surface area contributed by atoms with Gasteiger partial charge in [-0.2, -0.15) is 0 Å². The fraction of sp³-hybridized carbons (Fsp3) is 0.238. The van der Waals surface area contributed by atoms with Crippen molar-refractivity contribution in [3.8, 4) is 0 Å². The second kappa shape index (κ2) is 6.67. The second-order valence-corrected chi connectivity index (χ2v) is 6.90. The van der Waals surface area contributed by atoms with Crippen molar-refractivity contribution in [3.63, 3.8) is 0 Å². The van der Waals surface area contributed by atoms with Crippen molar-refractivity contribution in [2.75, 3.05) is 22.5 Å². The number of aromatic nitrogens is 2. The van der Waals surface area contributed by atoms with Crippen molar-refractivity contribution >= 4 is 23.0 Å². The van der Waals surface area contributed by atoms with Crippen LogP contribution in [0, 0.1) is 13.8 Å². The average molecular weight is 345 g/mol. The lowest BCUT2D eigenvalue weighted by molar-refractivity contribution is 0.721. The summed E-state index contributed by atoms with van der Waals surface area (Å²) in [7, 11) is 0. The van der Waals surface area contributed by atoms with Crippen molar-refractivity contribution in [3.05, 3.63) is 71.0 Å². The monoisotopic (exact) mass is 345 g/mol. The van der Waals surface area contributed by atoms with Gasteiger partial charge in [0.1, 0.15) is 12.0 Å². The summed E-state index contributed by atoms with van der Waals surface area (Å²) in [4.78, 5) is 11.0. The van der Waals surface area contributed by atoms with E-state index in [0.717, 1.165) is 31.0 Å². The first-order chi connectivity index (χ1) is 12.6. The number of benzene rings is 2. The van der Waals surface area contributed by atoms with Crippen molar-refractivity contribution in [2.45, 2.75) is 26.8 Å². The molecule has 0 amide bonds. The van der Waals surface area contributed by atoms with Gasteiger partial charge in [-0.05, 0) is 54.7 Å². The molecule has 1 aromatic heterocycles. The number of aryl methyl sites for hydroxylation is 2. The lowest BCUT2D eigenvalue weighted by atomic mass is 10.00. The molecule has 0 fully saturated rings. The van der Waals surface area contributed by atoms with E-state index in [1.807, 2.05) is 0 Å². The number of nitrogens with one attached hydrogen (secondary N) is 1. The molecule has 3 N–H and O–H groups in total. The Bertz CT molecular complexity index is 931. The smallest absolute Gasteiger partial charge is 0.159 e. The third-order valence-corrected chi connectivity index (χ3v) is 4.78. The van der Waals surface area contributed by atoms with E-state index in [1.54, 1.807) is 6.33 Å². The molecule has 0 radical (unpaired) electrons. The summed E-state index contributed by atoms with van der Waals surface area (Å²) in [5.74, 6) is 1.44. The zero-order chi connectivity index (χ0) is 18.1. The molecule has 0 saturated carbocycles. The maximum Gasteiger partial charge on any atom is 0.159 e. The van der Waals surface area contributed by atoms with Crippen LogP contribution in [0.4, 0.5) is 23.0 Å². The van der Waals surface area contributed by atoms with Crippen LogP contribution in [0.1, 0.15) is 22.3 Å². The Kier molecular flexibility index (Phi) is 4.21. The molecule has 1 aliphatic heterocycles. The molecule has 0 bridgehead atoms. The van der Waals surface area contributed by atoms with Crippen LogP contribution in [-0.4, -0.2) is 16.5 Å². The highest BCUT2D eigenvalue weighted by molar-refractivity contribution is 5.78. The number of fused-ring (bicyclic) bond motifs is 1. The molecule has 2 aromatic carbocycles. The van der Waals surface area contributed by atoms with Gasteiger partial charge in [-0.25, -0.2) is 9.97 Å². The molecule has 2 heterocycles. The van der Waals surface area contributed by atoms with Gasteiger partial charge < -0.3 is 16.0 Å².